The first kappa shape index (κ1) is 15.7. The van der Waals surface area contributed by atoms with Crippen LogP contribution in [0.3, 0.4) is 0 Å². The Balaban J connectivity index is 2.65. The van der Waals surface area contributed by atoms with Gasteiger partial charge in [-0.25, -0.2) is 0 Å². The van der Waals surface area contributed by atoms with Crippen molar-refractivity contribution in [2.45, 2.75) is 19.5 Å². The number of alkyl halides is 3. The van der Waals surface area contributed by atoms with E-state index >= 15 is 0 Å². The summed E-state index contributed by atoms with van der Waals surface area (Å²) in [7, 11) is 0. The number of hydrogen-bond donors (Lipinski definition) is 1. The van der Waals surface area contributed by atoms with Crippen molar-refractivity contribution < 1.29 is 32.6 Å². The summed E-state index contributed by atoms with van der Waals surface area (Å²) in [5.74, 6) is -5.62. The molecule has 0 aromatic heterocycles. The van der Waals surface area contributed by atoms with Crippen LogP contribution in [0.4, 0.5) is 13.2 Å². The topological polar surface area (TPSA) is 66.8 Å². The first-order valence-electron chi connectivity index (χ1n) is 5.92. The molecule has 8 heteroatoms. The van der Waals surface area contributed by atoms with Crippen LogP contribution < -0.4 is 0 Å². The molecule has 1 heterocycles. The third kappa shape index (κ3) is 4.09. The maximum Gasteiger partial charge on any atom is 0.394 e. The number of carboxylic acid groups (broad SMARTS) is 1. The molecule has 0 aliphatic carbocycles. The zero-order chi connectivity index (χ0) is 14.6. The van der Waals surface area contributed by atoms with E-state index in [1.807, 2.05) is 0 Å². The van der Waals surface area contributed by atoms with Gasteiger partial charge in [-0.05, 0) is 6.92 Å². The predicted octanol–water partition coefficient (Wildman–Crippen LogP) is 1.13. The number of carbonyl (C=O) groups excluding carboxylic acids is 1. The van der Waals surface area contributed by atoms with Gasteiger partial charge in [-0.1, -0.05) is 0 Å². The summed E-state index contributed by atoms with van der Waals surface area (Å²) in [4.78, 5) is 23.4. The second-order valence-corrected chi connectivity index (χ2v) is 4.34. The number of likely N-dealkylation sites (tertiary alicyclic amines) is 1. The van der Waals surface area contributed by atoms with E-state index in [0.717, 1.165) is 4.90 Å². The molecule has 0 aromatic rings. The molecule has 1 rings (SSSR count). The van der Waals surface area contributed by atoms with E-state index in [2.05, 4.69) is 0 Å². The van der Waals surface area contributed by atoms with Crippen LogP contribution in [-0.4, -0.2) is 54.4 Å². The Labute approximate surface area is 108 Å². The van der Waals surface area contributed by atoms with Crippen molar-refractivity contribution in [3.63, 3.8) is 0 Å². The fraction of sp³-hybridized carbons (Fsp3) is 0.818. The smallest absolute Gasteiger partial charge is 0.394 e. The number of ether oxygens (including phenoxy) is 1. The molecular formula is C11H16F3NO4. The van der Waals surface area contributed by atoms with Crippen LogP contribution in [0.15, 0.2) is 0 Å². The molecular weight excluding hydrogens is 267 g/mol. The summed E-state index contributed by atoms with van der Waals surface area (Å²) >= 11 is 0. The Bertz CT molecular complexity index is 345. The van der Waals surface area contributed by atoms with Crippen molar-refractivity contribution in [1.29, 1.82) is 0 Å². The SMILES string of the molecule is CCOCCC(=O)N1C[C@@H](C(F)(F)F)[C@H](C(=O)O)C1. The quantitative estimate of drug-likeness (QED) is 0.768. The van der Waals surface area contributed by atoms with Crippen LogP contribution >= 0.6 is 0 Å². The highest BCUT2D eigenvalue weighted by atomic mass is 19.4. The molecule has 0 radical (unpaired) electrons. The van der Waals surface area contributed by atoms with Crippen LogP contribution in [0.1, 0.15) is 13.3 Å². The third-order valence-electron chi connectivity index (χ3n) is 3.07. The highest BCUT2D eigenvalue weighted by Gasteiger charge is 2.53. The van der Waals surface area contributed by atoms with Crippen LogP contribution in [0, 0.1) is 11.8 Å². The predicted molar refractivity (Wildman–Crippen MR) is 58.4 cm³/mol. The molecule has 19 heavy (non-hydrogen) atoms. The molecule has 2 atom stereocenters. The summed E-state index contributed by atoms with van der Waals surface area (Å²) in [5.41, 5.74) is 0. The molecule has 1 amide bonds. The maximum absolute atomic E-state index is 12.7. The number of aliphatic carboxylic acids is 1. The molecule has 1 aliphatic heterocycles. The van der Waals surface area contributed by atoms with Gasteiger partial charge >= 0.3 is 12.1 Å². The van der Waals surface area contributed by atoms with Gasteiger partial charge in [0.05, 0.1) is 24.9 Å². The van der Waals surface area contributed by atoms with Gasteiger partial charge in [0.1, 0.15) is 0 Å². The largest absolute Gasteiger partial charge is 0.481 e. The molecule has 0 spiro atoms. The van der Waals surface area contributed by atoms with Crippen LogP contribution in [0.2, 0.25) is 0 Å². The highest BCUT2D eigenvalue weighted by molar-refractivity contribution is 5.79. The molecule has 1 aliphatic rings. The number of carboxylic acids is 1. The number of nitrogens with zero attached hydrogens (tertiary/aromatic N) is 1. The van der Waals surface area contributed by atoms with E-state index in [4.69, 9.17) is 9.84 Å². The maximum atomic E-state index is 12.7. The van der Waals surface area contributed by atoms with Crippen molar-refractivity contribution >= 4 is 11.9 Å². The number of amides is 1. The number of carbonyl (C=O) groups is 2. The summed E-state index contributed by atoms with van der Waals surface area (Å²) in [6.45, 7) is 1.28. The summed E-state index contributed by atoms with van der Waals surface area (Å²) < 4.78 is 43.0. The highest BCUT2D eigenvalue weighted by Crippen LogP contribution is 2.37. The lowest BCUT2D eigenvalue weighted by molar-refractivity contribution is -0.188. The van der Waals surface area contributed by atoms with Crippen LogP contribution in [-0.2, 0) is 14.3 Å². The van der Waals surface area contributed by atoms with E-state index in [1.54, 1.807) is 6.92 Å². The number of rotatable bonds is 5. The summed E-state index contributed by atoms with van der Waals surface area (Å²) in [6, 6.07) is 0. The van der Waals surface area contributed by atoms with Crippen molar-refractivity contribution in [3.05, 3.63) is 0 Å². The Hall–Kier alpha value is -1.31. The van der Waals surface area contributed by atoms with E-state index < -0.39 is 43.0 Å². The molecule has 5 nitrogen and oxygen atoms in total. The van der Waals surface area contributed by atoms with Crippen LogP contribution in [0.5, 0.6) is 0 Å². The van der Waals surface area contributed by atoms with Crippen molar-refractivity contribution in [2.24, 2.45) is 11.8 Å². The van der Waals surface area contributed by atoms with Gasteiger partial charge in [0.2, 0.25) is 5.91 Å². The van der Waals surface area contributed by atoms with Gasteiger partial charge in [-0.15, -0.1) is 0 Å². The van der Waals surface area contributed by atoms with Gasteiger partial charge in [-0.3, -0.25) is 9.59 Å². The second kappa shape index (κ2) is 6.23. The molecule has 1 N–H and O–H groups in total. The minimum Gasteiger partial charge on any atom is -0.481 e. The molecule has 1 saturated heterocycles. The number of halogens is 3. The van der Waals surface area contributed by atoms with Gasteiger partial charge in [0.25, 0.3) is 0 Å². The first-order valence-corrected chi connectivity index (χ1v) is 5.92. The lowest BCUT2D eigenvalue weighted by Gasteiger charge is -2.18. The monoisotopic (exact) mass is 283 g/mol. The molecule has 1 fully saturated rings. The molecule has 0 saturated carbocycles. The lowest BCUT2D eigenvalue weighted by atomic mass is 9.96. The van der Waals surface area contributed by atoms with E-state index in [0.29, 0.717) is 6.61 Å². The lowest BCUT2D eigenvalue weighted by Crippen LogP contribution is -2.34. The molecule has 0 aromatic carbocycles. The Morgan fingerprint density at radius 3 is 2.42 bits per heavy atom. The second-order valence-electron chi connectivity index (χ2n) is 4.34. The zero-order valence-corrected chi connectivity index (χ0v) is 10.4. The fourth-order valence-electron chi connectivity index (χ4n) is 2.05. The molecule has 0 bridgehead atoms. The zero-order valence-electron chi connectivity index (χ0n) is 10.4. The fourth-order valence-corrected chi connectivity index (χ4v) is 2.05. The summed E-state index contributed by atoms with van der Waals surface area (Å²) in [5, 5.41) is 8.80. The van der Waals surface area contributed by atoms with Crippen molar-refractivity contribution in [1.82, 2.24) is 4.90 Å². The average molecular weight is 283 g/mol. The Morgan fingerprint density at radius 2 is 2.00 bits per heavy atom. The third-order valence-corrected chi connectivity index (χ3v) is 3.07. The number of hydrogen-bond acceptors (Lipinski definition) is 3. The Morgan fingerprint density at radius 1 is 1.37 bits per heavy atom. The Kier molecular flexibility index (Phi) is 5.16. The minimum absolute atomic E-state index is 0.0369. The molecule has 0 unspecified atom stereocenters. The van der Waals surface area contributed by atoms with E-state index in [1.165, 1.54) is 0 Å². The van der Waals surface area contributed by atoms with Gasteiger partial charge in [0, 0.05) is 19.7 Å². The first-order chi connectivity index (χ1) is 8.77. The standard InChI is InChI=1S/C11H16F3NO4/c1-2-19-4-3-9(16)15-5-7(10(17)18)8(6-15)11(12,13)14/h7-8H,2-6H2,1H3,(H,17,18)/t7-,8-/m1/s1. The molecule has 110 valence electrons. The van der Waals surface area contributed by atoms with Crippen LogP contribution in [0.25, 0.3) is 0 Å². The van der Waals surface area contributed by atoms with E-state index in [-0.39, 0.29) is 13.0 Å². The van der Waals surface area contributed by atoms with Crippen molar-refractivity contribution in [3.8, 4) is 0 Å². The minimum atomic E-state index is -4.61. The van der Waals surface area contributed by atoms with Gasteiger partial charge < -0.3 is 14.7 Å². The van der Waals surface area contributed by atoms with Gasteiger partial charge in [0.15, 0.2) is 0 Å². The van der Waals surface area contributed by atoms with Gasteiger partial charge in [-0.2, -0.15) is 13.2 Å². The summed E-state index contributed by atoms with van der Waals surface area (Å²) in [6.07, 6.45) is -4.65. The average Bonchev–Trinajstić information content (AvgIpc) is 2.73. The van der Waals surface area contributed by atoms with E-state index in [9.17, 15) is 22.8 Å². The normalized spacial score (nSPS) is 23.7. The van der Waals surface area contributed by atoms with Crippen molar-refractivity contribution in [2.75, 3.05) is 26.3 Å².